The van der Waals surface area contributed by atoms with Crippen molar-refractivity contribution in [1.82, 2.24) is 0 Å². The van der Waals surface area contributed by atoms with Gasteiger partial charge in [-0.2, -0.15) is 0 Å². The molecule has 0 radical (unpaired) electrons. The van der Waals surface area contributed by atoms with Crippen LogP contribution < -0.4 is 15.1 Å². The third kappa shape index (κ3) is 4.54. The first-order valence-corrected chi connectivity index (χ1v) is 12.1. The zero-order valence-electron chi connectivity index (χ0n) is 18.1. The van der Waals surface area contributed by atoms with Crippen molar-refractivity contribution in [3.8, 4) is 28.0 Å². The molecule has 33 heavy (non-hydrogen) atoms. The van der Waals surface area contributed by atoms with Gasteiger partial charge in [0, 0.05) is 35.6 Å². The molecule has 2 heterocycles. The van der Waals surface area contributed by atoms with Gasteiger partial charge < -0.3 is 18.8 Å². The van der Waals surface area contributed by atoms with Gasteiger partial charge in [0.05, 0.1) is 25.2 Å². The molecule has 168 valence electrons. The number of morpholine rings is 1. The number of rotatable bonds is 6. The summed E-state index contributed by atoms with van der Waals surface area (Å²) < 4.78 is 17.8. The van der Waals surface area contributed by atoms with Gasteiger partial charge in [-0.25, -0.2) is 0 Å². The second-order valence-corrected chi connectivity index (χ2v) is 8.64. The highest BCUT2D eigenvalue weighted by Crippen LogP contribution is 2.37. The van der Waals surface area contributed by atoms with E-state index in [0.717, 1.165) is 33.3 Å². The van der Waals surface area contributed by atoms with E-state index in [0.29, 0.717) is 49.8 Å². The normalized spacial score (nSPS) is 13.9. The van der Waals surface area contributed by atoms with E-state index in [1.807, 2.05) is 48.5 Å². The lowest BCUT2D eigenvalue weighted by Gasteiger charge is -2.27. The van der Waals surface area contributed by atoms with Gasteiger partial charge in [-0.05, 0) is 29.3 Å². The maximum absolute atomic E-state index is 12.9. The molecule has 0 amide bonds. The number of para-hydroxylation sites is 1. The highest BCUT2D eigenvalue weighted by Gasteiger charge is 2.18. The lowest BCUT2D eigenvalue weighted by atomic mass is 9.97. The number of alkyl halides is 1. The topological polar surface area (TPSA) is 51.9 Å². The van der Waals surface area contributed by atoms with Gasteiger partial charge in [0.2, 0.25) is 0 Å². The van der Waals surface area contributed by atoms with Crippen molar-refractivity contribution in [2.24, 2.45) is 0 Å². The summed E-state index contributed by atoms with van der Waals surface area (Å²) >= 11 is 3.43. The number of hydrogen-bond donors (Lipinski definition) is 0. The van der Waals surface area contributed by atoms with Crippen LogP contribution in [-0.2, 0) is 4.74 Å². The third-order valence-electron chi connectivity index (χ3n) is 5.77. The second kappa shape index (κ2) is 9.81. The average molecular weight is 506 g/mol. The average Bonchev–Trinajstić information content (AvgIpc) is 2.88. The van der Waals surface area contributed by atoms with E-state index in [4.69, 9.17) is 13.9 Å². The molecule has 1 fully saturated rings. The van der Waals surface area contributed by atoms with Crippen LogP contribution in [0.1, 0.15) is 0 Å². The monoisotopic (exact) mass is 505 g/mol. The fraction of sp³-hybridized carbons (Fsp3) is 0.222. The third-order valence-corrected chi connectivity index (χ3v) is 6.10. The molecular formula is C27H24BrNO4. The van der Waals surface area contributed by atoms with E-state index in [-0.39, 0.29) is 5.43 Å². The van der Waals surface area contributed by atoms with Crippen LogP contribution in [0.5, 0.6) is 5.75 Å². The molecule has 0 N–H and O–H groups in total. The molecule has 0 aliphatic carbocycles. The molecule has 5 nitrogen and oxygen atoms in total. The summed E-state index contributed by atoms with van der Waals surface area (Å²) in [4.78, 5) is 15.0. The molecule has 6 heteroatoms. The molecule has 0 unspecified atom stereocenters. The van der Waals surface area contributed by atoms with Crippen LogP contribution in [0.4, 0.5) is 5.88 Å². The van der Waals surface area contributed by atoms with E-state index in [9.17, 15) is 4.79 Å². The Hall–Kier alpha value is -3.09. The van der Waals surface area contributed by atoms with Gasteiger partial charge in [-0.1, -0.05) is 64.5 Å². The van der Waals surface area contributed by atoms with Gasteiger partial charge in [0.25, 0.3) is 0 Å². The molecule has 3 aromatic carbocycles. The lowest BCUT2D eigenvalue weighted by Crippen LogP contribution is -2.36. The van der Waals surface area contributed by atoms with Crippen LogP contribution in [0.3, 0.4) is 0 Å². The molecule has 0 atom stereocenters. The van der Waals surface area contributed by atoms with Gasteiger partial charge >= 0.3 is 0 Å². The lowest BCUT2D eigenvalue weighted by molar-refractivity contribution is 0.121. The van der Waals surface area contributed by atoms with E-state index < -0.39 is 0 Å². The van der Waals surface area contributed by atoms with Gasteiger partial charge in [0.15, 0.2) is 11.3 Å². The Balaban J connectivity index is 1.65. The Morgan fingerprint density at radius 2 is 1.70 bits per heavy atom. The molecule has 1 aromatic heterocycles. The maximum atomic E-state index is 12.9. The number of fused-ring (bicyclic) bond motifs is 1. The number of benzene rings is 3. The maximum Gasteiger partial charge on any atom is 0.200 e. The van der Waals surface area contributed by atoms with Crippen molar-refractivity contribution in [2.45, 2.75) is 0 Å². The first kappa shape index (κ1) is 21.7. The summed E-state index contributed by atoms with van der Waals surface area (Å²) in [6.45, 7) is 3.23. The minimum absolute atomic E-state index is 0.0415. The highest BCUT2D eigenvalue weighted by atomic mass is 79.9. The molecule has 5 rings (SSSR count). The molecule has 1 aliphatic rings. The van der Waals surface area contributed by atoms with Gasteiger partial charge in [-0.15, -0.1) is 0 Å². The van der Waals surface area contributed by atoms with Crippen molar-refractivity contribution in [3.05, 3.63) is 83.0 Å². The smallest absolute Gasteiger partial charge is 0.200 e. The standard InChI is InChI=1S/C27H24BrNO4/c28-11-14-32-25-10-9-20(17-23(25)19-5-2-1-3-6-19)21-7-4-8-22-24(30)18-26(33-27(21)22)29-12-15-31-16-13-29/h1-10,17-18H,11-16H2. The minimum atomic E-state index is -0.0415. The Morgan fingerprint density at radius 1 is 0.879 bits per heavy atom. The van der Waals surface area contributed by atoms with Crippen LogP contribution in [0.25, 0.3) is 33.2 Å². The van der Waals surface area contributed by atoms with E-state index >= 15 is 0 Å². The van der Waals surface area contributed by atoms with Crippen molar-refractivity contribution in [3.63, 3.8) is 0 Å². The van der Waals surface area contributed by atoms with Gasteiger partial charge in [-0.3, -0.25) is 4.79 Å². The fourth-order valence-corrected chi connectivity index (χ4v) is 4.31. The van der Waals surface area contributed by atoms with E-state index in [2.05, 4.69) is 39.0 Å². The SMILES string of the molecule is O=c1cc(N2CCOCC2)oc2c(-c3ccc(OCCBr)c(-c4ccccc4)c3)cccc12. The summed E-state index contributed by atoms with van der Waals surface area (Å²) in [5.74, 6) is 1.41. The van der Waals surface area contributed by atoms with E-state index in [1.165, 1.54) is 0 Å². The summed E-state index contributed by atoms with van der Waals surface area (Å²) in [6.07, 6.45) is 0. The van der Waals surface area contributed by atoms with Crippen molar-refractivity contribution in [1.29, 1.82) is 0 Å². The summed E-state index contributed by atoms with van der Waals surface area (Å²) in [6, 6.07) is 23.6. The number of ether oxygens (including phenoxy) is 2. The van der Waals surface area contributed by atoms with Crippen LogP contribution in [0.2, 0.25) is 0 Å². The van der Waals surface area contributed by atoms with Crippen LogP contribution >= 0.6 is 15.9 Å². The quantitative estimate of drug-likeness (QED) is 0.313. The Kier molecular flexibility index (Phi) is 6.46. The number of halogens is 1. The van der Waals surface area contributed by atoms with Gasteiger partial charge in [0.1, 0.15) is 11.3 Å². The summed E-state index contributed by atoms with van der Waals surface area (Å²) in [7, 11) is 0. The zero-order valence-corrected chi connectivity index (χ0v) is 19.7. The molecular weight excluding hydrogens is 482 g/mol. The van der Waals surface area contributed by atoms with E-state index in [1.54, 1.807) is 6.07 Å². The molecule has 0 bridgehead atoms. The number of hydrogen-bond acceptors (Lipinski definition) is 5. The second-order valence-electron chi connectivity index (χ2n) is 7.84. The molecule has 4 aromatic rings. The molecule has 1 aliphatic heterocycles. The fourth-order valence-electron chi connectivity index (χ4n) is 4.15. The van der Waals surface area contributed by atoms with Crippen molar-refractivity contribution < 1.29 is 13.9 Å². The van der Waals surface area contributed by atoms with Crippen LogP contribution in [0, 0.1) is 0 Å². The van der Waals surface area contributed by atoms with Crippen molar-refractivity contribution >= 4 is 32.8 Å². The first-order chi connectivity index (χ1) is 16.2. The largest absolute Gasteiger partial charge is 0.492 e. The first-order valence-electron chi connectivity index (χ1n) is 11.0. The molecule has 0 spiro atoms. The predicted octanol–water partition coefficient (Wildman–Crippen LogP) is 5.74. The highest BCUT2D eigenvalue weighted by molar-refractivity contribution is 9.09. The summed E-state index contributed by atoms with van der Waals surface area (Å²) in [5.41, 5.74) is 4.47. The molecule has 1 saturated heterocycles. The number of anilines is 1. The molecule has 0 saturated carbocycles. The number of nitrogens with zero attached hydrogens (tertiary/aromatic N) is 1. The summed E-state index contributed by atoms with van der Waals surface area (Å²) in [5, 5.41) is 1.33. The Bertz CT molecular complexity index is 1310. The Morgan fingerprint density at radius 3 is 2.48 bits per heavy atom. The zero-order chi connectivity index (χ0) is 22.6. The minimum Gasteiger partial charge on any atom is -0.492 e. The Labute approximate surface area is 200 Å². The van der Waals surface area contributed by atoms with Crippen LogP contribution in [-0.4, -0.2) is 38.2 Å². The van der Waals surface area contributed by atoms with Crippen molar-refractivity contribution in [2.75, 3.05) is 43.1 Å². The predicted molar refractivity (Wildman–Crippen MR) is 136 cm³/mol. The van der Waals surface area contributed by atoms with Crippen LogP contribution in [0.15, 0.2) is 82.0 Å².